The third-order valence-corrected chi connectivity index (χ3v) is 4.89. The Morgan fingerprint density at radius 1 is 1.07 bits per heavy atom. The number of aromatic nitrogens is 3. The van der Waals surface area contributed by atoms with Crippen molar-refractivity contribution >= 4 is 23.5 Å². The van der Waals surface area contributed by atoms with Crippen molar-refractivity contribution in [2.75, 3.05) is 25.0 Å². The Morgan fingerprint density at radius 2 is 1.76 bits per heavy atom. The Balaban J connectivity index is 1.74. The summed E-state index contributed by atoms with van der Waals surface area (Å²) in [4.78, 5) is 38.9. The molecule has 1 saturated heterocycles. The van der Waals surface area contributed by atoms with Crippen LogP contribution in [0.3, 0.4) is 0 Å². The van der Waals surface area contributed by atoms with E-state index in [0.29, 0.717) is 19.0 Å². The van der Waals surface area contributed by atoms with Gasteiger partial charge in [0.25, 0.3) is 0 Å². The Bertz CT molecular complexity index is 894. The van der Waals surface area contributed by atoms with Crippen molar-refractivity contribution in [3.05, 3.63) is 41.0 Å². The molecule has 1 aliphatic heterocycles. The lowest BCUT2D eigenvalue weighted by Gasteiger charge is -2.33. The second-order valence-electron chi connectivity index (χ2n) is 7.61. The molecule has 1 fully saturated rings. The molecular weight excluding hydrogens is 368 g/mol. The number of nitrogens with one attached hydrogen (secondary N) is 2. The van der Waals surface area contributed by atoms with Gasteiger partial charge in [-0.05, 0) is 51.8 Å². The molecule has 8 nitrogen and oxygen atoms in total. The van der Waals surface area contributed by atoms with Gasteiger partial charge in [-0.2, -0.15) is 0 Å². The molecule has 29 heavy (non-hydrogen) atoms. The van der Waals surface area contributed by atoms with E-state index in [2.05, 4.69) is 20.6 Å². The molecule has 0 unspecified atom stereocenters. The Kier molecular flexibility index (Phi) is 6.41. The van der Waals surface area contributed by atoms with E-state index in [1.165, 1.54) is 6.92 Å². The van der Waals surface area contributed by atoms with E-state index in [-0.39, 0.29) is 24.3 Å². The quantitative estimate of drug-likeness (QED) is 0.805. The van der Waals surface area contributed by atoms with Crippen LogP contribution in [0.2, 0.25) is 0 Å². The van der Waals surface area contributed by atoms with Crippen molar-refractivity contribution in [2.24, 2.45) is 0 Å². The van der Waals surface area contributed by atoms with Crippen LogP contribution in [0.5, 0.6) is 0 Å². The van der Waals surface area contributed by atoms with Crippen LogP contribution in [0.1, 0.15) is 48.5 Å². The van der Waals surface area contributed by atoms with Gasteiger partial charge in [0.1, 0.15) is 0 Å². The lowest BCUT2D eigenvalue weighted by atomic mass is 9.93. The summed E-state index contributed by atoms with van der Waals surface area (Å²) >= 11 is 0. The first-order valence-corrected chi connectivity index (χ1v) is 9.90. The smallest absolute Gasteiger partial charge is 0.241 e. The molecule has 8 heteroatoms. The molecule has 2 aromatic heterocycles. The average Bonchev–Trinajstić information content (AvgIpc) is 2.65. The Morgan fingerprint density at radius 3 is 2.45 bits per heavy atom. The zero-order chi connectivity index (χ0) is 21.0. The molecule has 2 aromatic rings. The largest absolute Gasteiger partial charge is 0.347 e. The van der Waals surface area contributed by atoms with Crippen molar-refractivity contribution in [1.29, 1.82) is 0 Å². The maximum atomic E-state index is 12.4. The highest BCUT2D eigenvalue weighted by atomic mass is 16.2. The van der Waals surface area contributed by atoms with Gasteiger partial charge in [0.15, 0.2) is 0 Å². The number of anilines is 2. The molecule has 1 aliphatic rings. The number of carbonyl (C=O) groups is 2. The number of rotatable bonds is 5. The van der Waals surface area contributed by atoms with E-state index in [0.717, 1.165) is 41.3 Å². The van der Waals surface area contributed by atoms with E-state index in [1.54, 1.807) is 0 Å². The number of likely N-dealkylation sites (tertiary alicyclic amines) is 1. The highest BCUT2D eigenvalue weighted by Gasteiger charge is 2.26. The molecule has 154 valence electrons. The second kappa shape index (κ2) is 8.98. The first kappa shape index (κ1) is 20.7. The predicted octanol–water partition coefficient (Wildman–Crippen LogP) is 2.38. The average molecular weight is 396 g/mol. The zero-order valence-electron chi connectivity index (χ0n) is 17.5. The number of carbonyl (C=O) groups excluding carboxylic acids is 2. The fourth-order valence-electron chi connectivity index (χ4n) is 3.64. The summed E-state index contributed by atoms with van der Waals surface area (Å²) in [5, 5.41) is 5.86. The Labute approximate surface area is 171 Å². The summed E-state index contributed by atoms with van der Waals surface area (Å²) in [6.07, 6.45) is 1.88. The topological polar surface area (TPSA) is 100 Å². The minimum Gasteiger partial charge on any atom is -0.347 e. The molecular formula is C21H28N6O2. The van der Waals surface area contributed by atoms with Gasteiger partial charge in [-0.15, -0.1) is 0 Å². The van der Waals surface area contributed by atoms with Crippen molar-refractivity contribution < 1.29 is 9.59 Å². The molecule has 3 heterocycles. The van der Waals surface area contributed by atoms with E-state index >= 15 is 0 Å². The summed E-state index contributed by atoms with van der Waals surface area (Å²) in [6, 6.07) is 5.91. The summed E-state index contributed by atoms with van der Waals surface area (Å²) in [6.45, 7) is 8.61. The zero-order valence-corrected chi connectivity index (χ0v) is 17.5. The first-order chi connectivity index (χ1) is 13.8. The summed E-state index contributed by atoms with van der Waals surface area (Å²) in [5.74, 6) is 0.469. The highest BCUT2D eigenvalue weighted by Crippen LogP contribution is 2.28. The van der Waals surface area contributed by atoms with Gasteiger partial charge in [0, 0.05) is 54.4 Å². The minimum absolute atomic E-state index is 0.0418. The molecule has 2 amide bonds. The molecule has 0 radical (unpaired) electrons. The van der Waals surface area contributed by atoms with Crippen LogP contribution in [-0.2, 0) is 9.59 Å². The van der Waals surface area contributed by atoms with Crippen molar-refractivity contribution in [1.82, 2.24) is 25.2 Å². The number of amides is 2. The molecule has 1 atom stereocenters. The van der Waals surface area contributed by atoms with Gasteiger partial charge in [-0.25, -0.2) is 9.97 Å². The Hall–Kier alpha value is -3.03. The third-order valence-electron chi connectivity index (χ3n) is 4.89. The molecule has 2 N–H and O–H groups in total. The normalized spacial score (nSPS) is 16.4. The third kappa shape index (κ3) is 5.73. The van der Waals surface area contributed by atoms with Crippen LogP contribution in [0.15, 0.2) is 18.2 Å². The number of hydrogen-bond acceptors (Lipinski definition) is 6. The lowest BCUT2D eigenvalue weighted by Crippen LogP contribution is -2.44. The van der Waals surface area contributed by atoms with Crippen LogP contribution in [-0.4, -0.2) is 51.3 Å². The van der Waals surface area contributed by atoms with Crippen molar-refractivity contribution in [2.45, 2.75) is 46.5 Å². The van der Waals surface area contributed by atoms with Crippen LogP contribution in [0.4, 0.5) is 11.6 Å². The van der Waals surface area contributed by atoms with E-state index in [1.807, 2.05) is 43.9 Å². The van der Waals surface area contributed by atoms with Gasteiger partial charge < -0.3 is 15.5 Å². The van der Waals surface area contributed by atoms with Crippen LogP contribution >= 0.6 is 0 Å². The van der Waals surface area contributed by atoms with Gasteiger partial charge in [0.2, 0.25) is 17.8 Å². The van der Waals surface area contributed by atoms with Gasteiger partial charge in [-0.3, -0.25) is 14.6 Å². The standard InChI is InChI=1S/C21H28N6O2/c1-13-8-14(2)25-21(24-13)26-18-9-15(3)23-19(10-18)17-6-5-7-27(12-17)20(29)11-22-16(4)28/h8-10,17H,5-7,11-12H2,1-4H3,(H,22,28)(H,23,24,25,26)/t17-/m0/s1. The van der Waals surface area contributed by atoms with Gasteiger partial charge >= 0.3 is 0 Å². The minimum atomic E-state index is -0.198. The van der Waals surface area contributed by atoms with Crippen LogP contribution < -0.4 is 10.6 Å². The van der Waals surface area contributed by atoms with Gasteiger partial charge in [0.05, 0.1) is 6.54 Å². The molecule has 3 rings (SSSR count). The second-order valence-corrected chi connectivity index (χ2v) is 7.61. The van der Waals surface area contributed by atoms with Crippen LogP contribution in [0, 0.1) is 20.8 Å². The van der Waals surface area contributed by atoms with Crippen molar-refractivity contribution in [3.63, 3.8) is 0 Å². The van der Waals surface area contributed by atoms with Gasteiger partial charge in [-0.1, -0.05) is 0 Å². The highest BCUT2D eigenvalue weighted by molar-refractivity contribution is 5.83. The summed E-state index contributed by atoms with van der Waals surface area (Å²) < 4.78 is 0. The van der Waals surface area contributed by atoms with Crippen molar-refractivity contribution in [3.8, 4) is 0 Å². The monoisotopic (exact) mass is 396 g/mol. The molecule has 0 saturated carbocycles. The fraction of sp³-hybridized carbons (Fsp3) is 0.476. The molecule has 0 aliphatic carbocycles. The van der Waals surface area contributed by atoms with E-state index < -0.39 is 0 Å². The fourth-order valence-corrected chi connectivity index (χ4v) is 3.64. The number of nitrogens with zero attached hydrogens (tertiary/aromatic N) is 4. The number of piperidine rings is 1. The number of pyridine rings is 1. The molecule has 0 bridgehead atoms. The van der Waals surface area contributed by atoms with E-state index in [4.69, 9.17) is 4.98 Å². The molecule has 0 spiro atoms. The summed E-state index contributed by atoms with van der Waals surface area (Å²) in [7, 11) is 0. The lowest BCUT2D eigenvalue weighted by molar-refractivity contribution is -0.133. The first-order valence-electron chi connectivity index (χ1n) is 9.90. The summed E-state index contributed by atoms with van der Waals surface area (Å²) in [5.41, 5.74) is 4.56. The predicted molar refractivity (Wildman–Crippen MR) is 111 cm³/mol. The van der Waals surface area contributed by atoms with Crippen LogP contribution in [0.25, 0.3) is 0 Å². The number of hydrogen-bond donors (Lipinski definition) is 2. The maximum absolute atomic E-state index is 12.4. The molecule has 0 aromatic carbocycles. The SMILES string of the molecule is CC(=O)NCC(=O)N1CCC[C@H](c2cc(Nc3nc(C)cc(C)n3)cc(C)n2)C1. The maximum Gasteiger partial charge on any atom is 0.241 e. The number of aryl methyl sites for hydroxylation is 3. The van der Waals surface area contributed by atoms with E-state index in [9.17, 15) is 9.59 Å².